The fourth-order valence-electron chi connectivity index (χ4n) is 4.72. The number of likely N-dealkylation sites (tertiary alicyclic amines) is 1. The summed E-state index contributed by atoms with van der Waals surface area (Å²) in [6.07, 6.45) is 9.30. The van der Waals surface area contributed by atoms with Crippen molar-refractivity contribution in [1.82, 2.24) is 14.8 Å². The van der Waals surface area contributed by atoms with E-state index in [0.717, 1.165) is 51.2 Å². The molecule has 2 heterocycles. The van der Waals surface area contributed by atoms with Crippen molar-refractivity contribution in [3.8, 4) is 0 Å². The van der Waals surface area contributed by atoms with Crippen LogP contribution in [-0.4, -0.2) is 59.2 Å². The maximum Gasteiger partial charge on any atom is 0.0774 e. The number of aromatic nitrogens is 1. The van der Waals surface area contributed by atoms with Crippen LogP contribution in [-0.2, 0) is 0 Å². The highest BCUT2D eigenvalue weighted by Crippen LogP contribution is 2.37. The van der Waals surface area contributed by atoms with E-state index in [2.05, 4.69) is 41.9 Å². The fraction of sp³-hybridized carbons (Fsp3) is 0.750. The van der Waals surface area contributed by atoms with Crippen molar-refractivity contribution in [2.45, 2.75) is 50.7 Å². The van der Waals surface area contributed by atoms with Gasteiger partial charge in [0.25, 0.3) is 0 Å². The Morgan fingerprint density at radius 1 is 1.33 bits per heavy atom. The highest BCUT2D eigenvalue weighted by molar-refractivity contribution is 5.17. The van der Waals surface area contributed by atoms with Crippen LogP contribution in [0.2, 0.25) is 0 Å². The second-order valence-electron chi connectivity index (χ2n) is 8.36. The van der Waals surface area contributed by atoms with E-state index in [0.29, 0.717) is 12.0 Å². The Bertz CT molecular complexity index is 513. The Labute approximate surface area is 146 Å². The number of likely N-dealkylation sites (N-methyl/N-ethyl adjacent to an activating group) is 1. The van der Waals surface area contributed by atoms with Gasteiger partial charge in [-0.3, -0.25) is 9.88 Å². The Balaban J connectivity index is 1.60. The van der Waals surface area contributed by atoms with Gasteiger partial charge in [-0.1, -0.05) is 13.0 Å². The number of hydrogen-bond donors (Lipinski definition) is 1. The molecule has 3 rings (SSSR count). The molecule has 0 spiro atoms. The van der Waals surface area contributed by atoms with E-state index in [4.69, 9.17) is 0 Å². The molecule has 0 aromatic carbocycles. The van der Waals surface area contributed by atoms with Crippen LogP contribution in [0.3, 0.4) is 0 Å². The zero-order valence-corrected chi connectivity index (χ0v) is 15.5. The summed E-state index contributed by atoms with van der Waals surface area (Å²) in [5, 5.41) is 10.9. The Kier molecular flexibility index (Phi) is 5.58. The van der Waals surface area contributed by atoms with Gasteiger partial charge >= 0.3 is 0 Å². The molecule has 0 bridgehead atoms. The lowest BCUT2D eigenvalue weighted by Gasteiger charge is -2.39. The molecule has 2 atom stereocenters. The predicted molar refractivity (Wildman–Crippen MR) is 97.8 cm³/mol. The minimum Gasteiger partial charge on any atom is -0.389 e. The Morgan fingerprint density at radius 3 is 2.75 bits per heavy atom. The van der Waals surface area contributed by atoms with Crippen molar-refractivity contribution in [2.75, 3.05) is 33.7 Å². The zero-order valence-electron chi connectivity index (χ0n) is 15.5. The molecule has 4 heteroatoms. The van der Waals surface area contributed by atoms with E-state index in [-0.39, 0.29) is 0 Å². The molecule has 1 N–H and O–H groups in total. The minimum atomic E-state index is -0.477. The third kappa shape index (κ3) is 4.16. The molecule has 4 nitrogen and oxygen atoms in total. The lowest BCUT2D eigenvalue weighted by molar-refractivity contribution is -0.0330. The largest absolute Gasteiger partial charge is 0.389 e. The van der Waals surface area contributed by atoms with Gasteiger partial charge in [0.05, 0.1) is 5.60 Å². The standard InChI is InChI=1S/C20H33N3O/c1-16-6-9-20(24,10-7-16)15-22(2)14-18-8-12-23(3)19(18)17-5-4-11-21-13-17/h4-5,11,13,16,18-19,24H,6-10,12,14-15H2,1-3H3/t16?,18-,19-,20?/m0/s1. The van der Waals surface area contributed by atoms with Crippen LogP contribution in [0, 0.1) is 11.8 Å². The van der Waals surface area contributed by atoms with Gasteiger partial charge in [0.2, 0.25) is 0 Å². The smallest absolute Gasteiger partial charge is 0.0774 e. The number of aliphatic hydroxyl groups is 1. The lowest BCUT2D eigenvalue weighted by atomic mass is 9.79. The van der Waals surface area contributed by atoms with Crippen molar-refractivity contribution < 1.29 is 5.11 Å². The average Bonchev–Trinajstić information content (AvgIpc) is 2.91. The zero-order chi connectivity index (χ0) is 17.2. The van der Waals surface area contributed by atoms with Gasteiger partial charge in [-0.25, -0.2) is 0 Å². The van der Waals surface area contributed by atoms with Gasteiger partial charge in [-0.05, 0) is 76.2 Å². The quantitative estimate of drug-likeness (QED) is 0.900. The lowest BCUT2D eigenvalue weighted by Crippen LogP contribution is -2.45. The average molecular weight is 332 g/mol. The Hall–Kier alpha value is -0.970. The van der Waals surface area contributed by atoms with Crippen molar-refractivity contribution in [2.24, 2.45) is 11.8 Å². The third-order valence-electron chi connectivity index (χ3n) is 6.12. The number of rotatable bonds is 5. The normalized spacial score (nSPS) is 34.8. The van der Waals surface area contributed by atoms with E-state index in [1.807, 2.05) is 18.5 Å². The summed E-state index contributed by atoms with van der Waals surface area (Å²) < 4.78 is 0. The molecule has 1 aromatic rings. The van der Waals surface area contributed by atoms with E-state index in [1.165, 1.54) is 12.0 Å². The summed E-state index contributed by atoms with van der Waals surface area (Å²) in [5.74, 6) is 1.38. The topological polar surface area (TPSA) is 39.6 Å². The van der Waals surface area contributed by atoms with Gasteiger partial charge in [-0.2, -0.15) is 0 Å². The van der Waals surface area contributed by atoms with Crippen molar-refractivity contribution in [3.63, 3.8) is 0 Å². The van der Waals surface area contributed by atoms with Gasteiger partial charge in [-0.15, -0.1) is 0 Å². The molecule has 0 radical (unpaired) electrons. The molecule has 2 aliphatic rings. The van der Waals surface area contributed by atoms with Gasteiger partial charge in [0.1, 0.15) is 0 Å². The molecule has 1 aliphatic heterocycles. The summed E-state index contributed by atoms with van der Waals surface area (Å²) in [6.45, 7) is 5.29. The SMILES string of the molecule is CC1CCC(O)(CN(C)C[C@@H]2CCN(C)[C@H]2c2cccnc2)CC1. The number of pyridine rings is 1. The fourth-order valence-corrected chi connectivity index (χ4v) is 4.72. The van der Waals surface area contributed by atoms with Crippen LogP contribution in [0.5, 0.6) is 0 Å². The molecular weight excluding hydrogens is 298 g/mol. The minimum absolute atomic E-state index is 0.446. The number of hydrogen-bond acceptors (Lipinski definition) is 4. The maximum absolute atomic E-state index is 10.9. The van der Waals surface area contributed by atoms with Crippen LogP contribution in [0.15, 0.2) is 24.5 Å². The highest BCUT2D eigenvalue weighted by atomic mass is 16.3. The van der Waals surface area contributed by atoms with Crippen molar-refractivity contribution in [1.29, 1.82) is 0 Å². The van der Waals surface area contributed by atoms with Crippen LogP contribution in [0.25, 0.3) is 0 Å². The molecule has 0 amide bonds. The first kappa shape index (κ1) is 17.8. The summed E-state index contributed by atoms with van der Waals surface area (Å²) in [7, 11) is 4.39. The molecule has 2 fully saturated rings. The maximum atomic E-state index is 10.9. The first-order valence-electron chi connectivity index (χ1n) is 9.48. The summed E-state index contributed by atoms with van der Waals surface area (Å²) >= 11 is 0. The van der Waals surface area contributed by atoms with Gasteiger partial charge < -0.3 is 10.0 Å². The van der Waals surface area contributed by atoms with Crippen LogP contribution in [0.4, 0.5) is 0 Å². The molecule has 1 saturated heterocycles. The van der Waals surface area contributed by atoms with Crippen LogP contribution in [0.1, 0.15) is 50.6 Å². The van der Waals surface area contributed by atoms with Crippen molar-refractivity contribution in [3.05, 3.63) is 30.1 Å². The molecule has 1 saturated carbocycles. The molecule has 0 unspecified atom stereocenters. The third-order valence-corrected chi connectivity index (χ3v) is 6.12. The first-order valence-corrected chi connectivity index (χ1v) is 9.48. The molecule has 1 aliphatic carbocycles. The van der Waals surface area contributed by atoms with Crippen LogP contribution < -0.4 is 0 Å². The molecule has 134 valence electrons. The molecule has 1 aromatic heterocycles. The summed E-state index contributed by atoms with van der Waals surface area (Å²) in [5.41, 5.74) is 0.844. The van der Waals surface area contributed by atoms with Gasteiger partial charge in [0.15, 0.2) is 0 Å². The van der Waals surface area contributed by atoms with E-state index < -0.39 is 5.60 Å². The molecular formula is C20H33N3O. The van der Waals surface area contributed by atoms with E-state index in [9.17, 15) is 5.11 Å². The summed E-state index contributed by atoms with van der Waals surface area (Å²) in [4.78, 5) is 9.12. The second-order valence-corrected chi connectivity index (χ2v) is 8.36. The Morgan fingerprint density at radius 2 is 2.08 bits per heavy atom. The highest BCUT2D eigenvalue weighted by Gasteiger charge is 2.36. The predicted octanol–water partition coefficient (Wildman–Crippen LogP) is 2.95. The van der Waals surface area contributed by atoms with Crippen LogP contribution >= 0.6 is 0 Å². The summed E-state index contributed by atoms with van der Waals surface area (Å²) in [6, 6.07) is 4.68. The van der Waals surface area contributed by atoms with E-state index in [1.54, 1.807) is 0 Å². The number of nitrogens with zero attached hydrogens (tertiary/aromatic N) is 3. The van der Waals surface area contributed by atoms with Gasteiger partial charge in [0, 0.05) is 31.5 Å². The first-order chi connectivity index (χ1) is 11.5. The molecule has 24 heavy (non-hydrogen) atoms. The second kappa shape index (κ2) is 7.51. The van der Waals surface area contributed by atoms with Crippen molar-refractivity contribution >= 4 is 0 Å². The monoisotopic (exact) mass is 331 g/mol. The van der Waals surface area contributed by atoms with E-state index >= 15 is 0 Å².